The van der Waals surface area contributed by atoms with E-state index in [1.165, 1.54) is 4.90 Å². The first-order chi connectivity index (χ1) is 10.5. The molecule has 0 radical (unpaired) electrons. The van der Waals surface area contributed by atoms with Crippen LogP contribution in [0, 0.1) is 13.8 Å². The summed E-state index contributed by atoms with van der Waals surface area (Å²) in [6.07, 6.45) is 0. The van der Waals surface area contributed by atoms with Crippen molar-refractivity contribution in [2.75, 3.05) is 40.9 Å². The minimum atomic E-state index is -0.0291. The molecule has 0 unspecified atom stereocenters. The van der Waals surface area contributed by atoms with Gasteiger partial charge in [0, 0.05) is 33.3 Å². The fraction of sp³-hybridized carbons (Fsp3) is 0.643. The molecule has 22 heavy (non-hydrogen) atoms. The molecule has 1 aromatic rings. The summed E-state index contributed by atoms with van der Waals surface area (Å²) in [7, 11) is 5.05. The highest BCUT2D eigenvalue weighted by atomic mass is 16.5. The number of methoxy groups -OCH3 is 1. The zero-order valence-electron chi connectivity index (χ0n) is 13.9. The van der Waals surface area contributed by atoms with E-state index in [1.54, 1.807) is 21.2 Å². The predicted molar refractivity (Wildman–Crippen MR) is 83.7 cm³/mol. The largest absolute Gasteiger partial charge is 0.383 e. The topological polar surface area (TPSA) is 92.0 Å². The molecule has 124 valence electrons. The molecule has 1 heterocycles. The van der Waals surface area contributed by atoms with Gasteiger partial charge in [-0.3, -0.25) is 4.79 Å². The summed E-state index contributed by atoms with van der Waals surface area (Å²) in [6.45, 7) is 5.48. The molecule has 1 aromatic heterocycles. The Morgan fingerprint density at radius 3 is 2.64 bits per heavy atom. The molecule has 0 fully saturated rings. The van der Waals surface area contributed by atoms with Crippen LogP contribution in [-0.4, -0.2) is 62.8 Å². The lowest BCUT2D eigenvalue weighted by atomic mass is 10.2. The lowest BCUT2D eigenvalue weighted by Crippen LogP contribution is -2.43. The Kier molecular flexibility index (Phi) is 7.38. The first-order valence-corrected chi connectivity index (χ1v) is 7.08. The Morgan fingerprint density at radius 2 is 2.09 bits per heavy atom. The Labute approximate surface area is 130 Å². The first-order valence-electron chi connectivity index (χ1n) is 7.08. The summed E-state index contributed by atoms with van der Waals surface area (Å²) in [4.78, 5) is 17.6. The Balaban J connectivity index is 2.67. The number of hydrogen-bond acceptors (Lipinski definition) is 5. The average molecular weight is 311 g/mol. The molecule has 0 bridgehead atoms. The van der Waals surface area contributed by atoms with Crippen molar-refractivity contribution in [2.45, 2.75) is 20.4 Å². The molecule has 0 spiro atoms. The van der Waals surface area contributed by atoms with Gasteiger partial charge in [-0.1, -0.05) is 5.16 Å². The van der Waals surface area contributed by atoms with Gasteiger partial charge >= 0.3 is 0 Å². The lowest BCUT2D eigenvalue weighted by molar-refractivity contribution is -0.127. The number of likely N-dealkylation sites (N-methyl/N-ethyl adjacent to an activating group) is 1. The van der Waals surface area contributed by atoms with Crippen molar-refractivity contribution in [3.05, 3.63) is 17.0 Å². The quantitative estimate of drug-likeness (QED) is 0.420. The summed E-state index contributed by atoms with van der Waals surface area (Å²) < 4.78 is 10.1. The number of carbonyl (C=O) groups excluding carboxylic acids is 1. The Bertz CT molecular complexity index is 491. The van der Waals surface area contributed by atoms with Crippen LogP contribution in [-0.2, 0) is 16.1 Å². The van der Waals surface area contributed by atoms with Crippen molar-refractivity contribution in [2.24, 2.45) is 4.99 Å². The minimum absolute atomic E-state index is 0.0291. The molecule has 2 N–H and O–H groups in total. The lowest BCUT2D eigenvalue weighted by Gasteiger charge is -2.14. The summed E-state index contributed by atoms with van der Waals surface area (Å²) in [5.41, 5.74) is 1.77. The van der Waals surface area contributed by atoms with Crippen molar-refractivity contribution in [3.8, 4) is 0 Å². The van der Waals surface area contributed by atoms with Gasteiger partial charge in [0.05, 0.1) is 25.4 Å². The molecule has 8 heteroatoms. The number of guanidine groups is 1. The van der Waals surface area contributed by atoms with Gasteiger partial charge in [-0.15, -0.1) is 0 Å². The zero-order valence-corrected chi connectivity index (χ0v) is 13.9. The van der Waals surface area contributed by atoms with Gasteiger partial charge in [0.1, 0.15) is 5.76 Å². The van der Waals surface area contributed by atoms with Crippen LogP contribution < -0.4 is 10.6 Å². The molecular formula is C14H25N5O3. The van der Waals surface area contributed by atoms with Gasteiger partial charge < -0.3 is 24.8 Å². The number of amides is 1. The van der Waals surface area contributed by atoms with E-state index in [0.29, 0.717) is 25.7 Å². The van der Waals surface area contributed by atoms with E-state index >= 15 is 0 Å². The third kappa shape index (κ3) is 5.72. The van der Waals surface area contributed by atoms with Crippen LogP contribution in [0.4, 0.5) is 0 Å². The molecule has 8 nitrogen and oxygen atoms in total. The average Bonchev–Trinajstić information content (AvgIpc) is 2.80. The first kappa shape index (κ1) is 18.0. The minimum Gasteiger partial charge on any atom is -0.383 e. The molecule has 1 rings (SSSR count). The maximum atomic E-state index is 11.6. The Hall–Kier alpha value is -2.09. The highest BCUT2D eigenvalue weighted by molar-refractivity contribution is 5.86. The smallest absolute Gasteiger partial charge is 0.241 e. The van der Waals surface area contributed by atoms with E-state index in [2.05, 4.69) is 20.8 Å². The number of nitrogens with zero attached hydrogens (tertiary/aromatic N) is 3. The molecule has 0 atom stereocenters. The molecule has 0 saturated carbocycles. The van der Waals surface area contributed by atoms with Crippen molar-refractivity contribution < 1.29 is 14.1 Å². The number of nitrogens with one attached hydrogen (secondary N) is 2. The number of aryl methyl sites for hydroxylation is 2. The fourth-order valence-corrected chi connectivity index (χ4v) is 1.65. The normalized spacial score (nSPS) is 11.4. The van der Waals surface area contributed by atoms with E-state index in [0.717, 1.165) is 17.0 Å². The number of rotatable bonds is 7. The summed E-state index contributed by atoms with van der Waals surface area (Å²) in [5.74, 6) is 1.27. The number of hydrogen-bond donors (Lipinski definition) is 2. The van der Waals surface area contributed by atoms with Crippen LogP contribution in [0.25, 0.3) is 0 Å². The van der Waals surface area contributed by atoms with Crippen molar-refractivity contribution >= 4 is 11.9 Å². The van der Waals surface area contributed by atoms with Crippen molar-refractivity contribution in [1.82, 2.24) is 20.7 Å². The molecule has 0 aromatic carbocycles. The van der Waals surface area contributed by atoms with Gasteiger partial charge in [0.2, 0.25) is 5.91 Å². The molecule has 0 aliphatic carbocycles. The van der Waals surface area contributed by atoms with Crippen LogP contribution in [0.2, 0.25) is 0 Å². The van der Waals surface area contributed by atoms with E-state index in [4.69, 9.17) is 9.26 Å². The van der Waals surface area contributed by atoms with Crippen molar-refractivity contribution in [3.63, 3.8) is 0 Å². The van der Waals surface area contributed by atoms with Crippen LogP contribution >= 0.6 is 0 Å². The van der Waals surface area contributed by atoms with Gasteiger partial charge in [-0.05, 0) is 13.8 Å². The van der Waals surface area contributed by atoms with Crippen LogP contribution in [0.5, 0.6) is 0 Å². The second-order valence-electron chi connectivity index (χ2n) is 5.03. The van der Waals surface area contributed by atoms with E-state index < -0.39 is 0 Å². The number of carbonyl (C=O) groups is 1. The molecule has 0 aliphatic heterocycles. The molecule has 1 amide bonds. The second kappa shape index (κ2) is 9.04. The SMILES string of the molecule is COCCNC(=NCc1c(C)noc1C)NCC(=O)N(C)C. The van der Waals surface area contributed by atoms with Gasteiger partial charge in [0.15, 0.2) is 5.96 Å². The molecule has 0 saturated heterocycles. The Morgan fingerprint density at radius 1 is 1.36 bits per heavy atom. The van der Waals surface area contributed by atoms with Crippen LogP contribution in [0.15, 0.2) is 9.52 Å². The summed E-state index contributed by atoms with van der Waals surface area (Å²) in [5, 5.41) is 10.0. The third-order valence-corrected chi connectivity index (χ3v) is 3.08. The third-order valence-electron chi connectivity index (χ3n) is 3.08. The standard InChI is InChI=1S/C14H25N5O3/c1-10-12(11(2)22-18-10)8-16-14(15-6-7-21-5)17-9-13(20)19(3)4/h6-9H2,1-5H3,(H2,15,16,17). The number of ether oxygens (including phenoxy) is 1. The fourth-order valence-electron chi connectivity index (χ4n) is 1.65. The predicted octanol–water partition coefficient (Wildman–Crippen LogP) is 0.0612. The van der Waals surface area contributed by atoms with E-state index in [-0.39, 0.29) is 12.5 Å². The van der Waals surface area contributed by atoms with Gasteiger partial charge in [-0.25, -0.2) is 4.99 Å². The highest BCUT2D eigenvalue weighted by Crippen LogP contribution is 2.12. The van der Waals surface area contributed by atoms with Gasteiger partial charge in [-0.2, -0.15) is 0 Å². The highest BCUT2D eigenvalue weighted by Gasteiger charge is 2.09. The summed E-state index contributed by atoms with van der Waals surface area (Å²) in [6, 6.07) is 0. The van der Waals surface area contributed by atoms with E-state index in [9.17, 15) is 4.79 Å². The van der Waals surface area contributed by atoms with E-state index in [1.807, 2.05) is 13.8 Å². The van der Waals surface area contributed by atoms with Crippen molar-refractivity contribution in [1.29, 1.82) is 0 Å². The monoisotopic (exact) mass is 311 g/mol. The van der Waals surface area contributed by atoms with Crippen LogP contribution in [0.3, 0.4) is 0 Å². The number of aliphatic imine (C=N–C) groups is 1. The molecule has 0 aliphatic rings. The number of aromatic nitrogens is 1. The zero-order chi connectivity index (χ0) is 16.5. The maximum Gasteiger partial charge on any atom is 0.241 e. The van der Waals surface area contributed by atoms with Crippen LogP contribution in [0.1, 0.15) is 17.0 Å². The summed E-state index contributed by atoms with van der Waals surface area (Å²) >= 11 is 0. The second-order valence-corrected chi connectivity index (χ2v) is 5.03. The maximum absolute atomic E-state index is 11.6. The van der Waals surface area contributed by atoms with Gasteiger partial charge in [0.25, 0.3) is 0 Å². The molecular weight excluding hydrogens is 286 g/mol.